The molecule has 9 heteroatoms. The molecular formula is C20H26N6O3. The number of aromatic nitrogens is 4. The molecule has 0 unspecified atom stereocenters. The van der Waals surface area contributed by atoms with E-state index in [0.29, 0.717) is 24.4 Å². The van der Waals surface area contributed by atoms with E-state index in [2.05, 4.69) is 43.2 Å². The van der Waals surface area contributed by atoms with E-state index in [9.17, 15) is 0 Å². The number of hydrogen-bond donors (Lipinski definition) is 3. The molecule has 3 N–H and O–H groups in total. The van der Waals surface area contributed by atoms with Crippen molar-refractivity contribution in [1.82, 2.24) is 19.5 Å². The zero-order valence-electron chi connectivity index (χ0n) is 16.4. The van der Waals surface area contributed by atoms with Crippen LogP contribution < -0.4 is 10.2 Å². The molecule has 0 amide bonds. The van der Waals surface area contributed by atoms with Crippen molar-refractivity contribution in [1.29, 1.82) is 0 Å². The highest BCUT2D eigenvalue weighted by Gasteiger charge is 2.18. The first kappa shape index (κ1) is 20.5. The van der Waals surface area contributed by atoms with Gasteiger partial charge in [0.1, 0.15) is 11.6 Å². The van der Waals surface area contributed by atoms with Crippen LogP contribution in [0.3, 0.4) is 0 Å². The van der Waals surface area contributed by atoms with Gasteiger partial charge in [-0.3, -0.25) is 4.79 Å². The molecule has 0 bridgehead atoms. The van der Waals surface area contributed by atoms with E-state index >= 15 is 0 Å². The lowest BCUT2D eigenvalue weighted by Gasteiger charge is -2.16. The van der Waals surface area contributed by atoms with Gasteiger partial charge in [0.15, 0.2) is 0 Å². The van der Waals surface area contributed by atoms with Gasteiger partial charge in [-0.2, -0.15) is 4.98 Å². The maximum Gasteiger partial charge on any atom is 0.290 e. The topological polar surface area (TPSA) is 116 Å². The molecular weight excluding hydrogens is 372 g/mol. The Hall–Kier alpha value is -3.20. The maximum absolute atomic E-state index is 9.07. The van der Waals surface area contributed by atoms with Gasteiger partial charge in [-0.05, 0) is 25.0 Å². The largest absolute Gasteiger partial charge is 0.483 e. The molecule has 4 rings (SSSR count). The van der Waals surface area contributed by atoms with Crippen molar-refractivity contribution >= 4 is 35.0 Å². The van der Waals surface area contributed by atoms with E-state index in [1.807, 2.05) is 24.2 Å². The van der Waals surface area contributed by atoms with Gasteiger partial charge in [-0.1, -0.05) is 12.8 Å². The molecule has 9 nitrogen and oxygen atoms in total. The van der Waals surface area contributed by atoms with Gasteiger partial charge in [-0.15, -0.1) is 0 Å². The number of pyridine rings is 1. The summed E-state index contributed by atoms with van der Waals surface area (Å²) in [6, 6.07) is 6.64. The molecule has 1 aliphatic carbocycles. The number of aliphatic hydroxyl groups excluding tert-OH is 1. The number of likely N-dealkylation sites (N-methyl/N-ethyl adjacent to an activating group) is 1. The predicted octanol–water partition coefficient (Wildman–Crippen LogP) is 2.81. The van der Waals surface area contributed by atoms with Crippen LogP contribution in [0.25, 0.3) is 10.9 Å². The number of carboxylic acid groups (broad SMARTS) is 1. The minimum Gasteiger partial charge on any atom is -0.483 e. The van der Waals surface area contributed by atoms with Crippen LogP contribution in [-0.4, -0.2) is 56.4 Å². The van der Waals surface area contributed by atoms with Crippen LogP contribution in [0, 0.1) is 0 Å². The highest BCUT2D eigenvalue weighted by atomic mass is 16.3. The van der Waals surface area contributed by atoms with Crippen molar-refractivity contribution in [3.05, 3.63) is 36.8 Å². The smallest absolute Gasteiger partial charge is 0.290 e. The van der Waals surface area contributed by atoms with Crippen molar-refractivity contribution in [2.45, 2.75) is 31.7 Å². The second-order valence-electron chi connectivity index (χ2n) is 6.91. The molecule has 0 spiro atoms. The van der Waals surface area contributed by atoms with Crippen molar-refractivity contribution in [3.8, 4) is 0 Å². The summed E-state index contributed by atoms with van der Waals surface area (Å²) in [7, 11) is 1.86. The Labute approximate surface area is 169 Å². The lowest BCUT2D eigenvalue weighted by Crippen LogP contribution is -2.23. The summed E-state index contributed by atoms with van der Waals surface area (Å²) in [5, 5.41) is 20.4. The van der Waals surface area contributed by atoms with Gasteiger partial charge in [0.05, 0.1) is 12.1 Å². The number of rotatable bonds is 6. The zero-order valence-corrected chi connectivity index (χ0v) is 16.4. The molecule has 0 aromatic carbocycles. The molecule has 154 valence electrons. The van der Waals surface area contributed by atoms with E-state index in [1.165, 1.54) is 31.2 Å². The van der Waals surface area contributed by atoms with Crippen molar-refractivity contribution < 1.29 is 15.0 Å². The molecule has 0 radical (unpaired) electrons. The zero-order chi connectivity index (χ0) is 20.6. The first-order valence-electron chi connectivity index (χ1n) is 9.62. The van der Waals surface area contributed by atoms with Crippen molar-refractivity contribution in [2.24, 2.45) is 0 Å². The standard InChI is InChI=1S/C19H24N6O.CH2O2/c1-24(10-11-26)19-20-8-6-17(23-19)22-18-12-16-14(13-21-18)7-9-25(16)15-4-2-3-5-15;2-1-3/h6-9,12-13,15,26H,2-5,10-11H2,1H3,(H,20,21,22,23);1H,(H,2,3). The summed E-state index contributed by atoms with van der Waals surface area (Å²) in [6.07, 6.45) is 10.9. The third kappa shape index (κ3) is 5.00. The molecule has 1 saturated carbocycles. The van der Waals surface area contributed by atoms with Gasteiger partial charge in [0, 0.05) is 49.7 Å². The van der Waals surface area contributed by atoms with E-state index in [4.69, 9.17) is 15.0 Å². The number of aliphatic hydroxyl groups is 1. The Morgan fingerprint density at radius 1 is 1.28 bits per heavy atom. The van der Waals surface area contributed by atoms with Gasteiger partial charge in [-0.25, -0.2) is 9.97 Å². The quantitative estimate of drug-likeness (QED) is 0.543. The summed E-state index contributed by atoms with van der Waals surface area (Å²) in [6.45, 7) is 0.302. The number of fused-ring (bicyclic) bond motifs is 1. The Morgan fingerprint density at radius 3 is 2.76 bits per heavy atom. The molecule has 0 saturated heterocycles. The van der Waals surface area contributed by atoms with Crippen LogP contribution in [0.15, 0.2) is 36.8 Å². The van der Waals surface area contributed by atoms with Gasteiger partial charge in [0.2, 0.25) is 5.95 Å². The van der Waals surface area contributed by atoms with Crippen LogP contribution >= 0.6 is 0 Å². The molecule has 3 aromatic heterocycles. The van der Waals surface area contributed by atoms with E-state index < -0.39 is 0 Å². The molecule has 1 aliphatic rings. The third-order valence-electron chi connectivity index (χ3n) is 5.00. The third-order valence-corrected chi connectivity index (χ3v) is 5.00. The van der Waals surface area contributed by atoms with Gasteiger partial charge < -0.3 is 25.0 Å². The molecule has 0 atom stereocenters. The predicted molar refractivity (Wildman–Crippen MR) is 112 cm³/mol. The lowest BCUT2D eigenvalue weighted by molar-refractivity contribution is -0.122. The molecule has 1 fully saturated rings. The summed E-state index contributed by atoms with van der Waals surface area (Å²) in [4.78, 5) is 23.4. The fraction of sp³-hybridized carbons (Fsp3) is 0.400. The van der Waals surface area contributed by atoms with Crippen molar-refractivity contribution in [3.63, 3.8) is 0 Å². The fourth-order valence-electron chi connectivity index (χ4n) is 3.60. The summed E-state index contributed by atoms with van der Waals surface area (Å²) < 4.78 is 2.38. The monoisotopic (exact) mass is 398 g/mol. The van der Waals surface area contributed by atoms with Crippen LogP contribution in [-0.2, 0) is 4.79 Å². The van der Waals surface area contributed by atoms with E-state index in [-0.39, 0.29) is 13.1 Å². The average Bonchev–Trinajstić information content (AvgIpc) is 3.38. The Morgan fingerprint density at radius 2 is 2.03 bits per heavy atom. The summed E-state index contributed by atoms with van der Waals surface area (Å²) in [5.74, 6) is 2.02. The van der Waals surface area contributed by atoms with Crippen LogP contribution in [0.5, 0.6) is 0 Å². The molecule has 3 aromatic rings. The van der Waals surface area contributed by atoms with Crippen LogP contribution in [0.4, 0.5) is 17.6 Å². The first-order chi connectivity index (χ1) is 14.2. The van der Waals surface area contributed by atoms with Crippen LogP contribution in [0.2, 0.25) is 0 Å². The Kier molecular flexibility index (Phi) is 6.96. The minimum absolute atomic E-state index is 0.0634. The SMILES string of the molecule is CN(CCO)c1nccc(Nc2cc3c(ccn3C3CCCC3)cn2)n1.O=CO. The minimum atomic E-state index is -0.250. The number of anilines is 3. The van der Waals surface area contributed by atoms with Crippen LogP contribution in [0.1, 0.15) is 31.7 Å². The number of carbonyl (C=O) groups is 1. The Balaban J connectivity index is 0.000000755. The number of hydrogen-bond acceptors (Lipinski definition) is 7. The van der Waals surface area contributed by atoms with E-state index in [0.717, 1.165) is 11.2 Å². The number of nitrogens with one attached hydrogen (secondary N) is 1. The highest BCUT2D eigenvalue weighted by Crippen LogP contribution is 2.33. The molecule has 3 heterocycles. The highest BCUT2D eigenvalue weighted by molar-refractivity contribution is 5.82. The average molecular weight is 398 g/mol. The second-order valence-corrected chi connectivity index (χ2v) is 6.91. The lowest BCUT2D eigenvalue weighted by atomic mass is 10.2. The maximum atomic E-state index is 9.07. The summed E-state index contributed by atoms with van der Waals surface area (Å²) in [5.41, 5.74) is 1.21. The molecule has 0 aliphatic heterocycles. The Bertz CT molecular complexity index is 939. The number of nitrogens with zero attached hydrogens (tertiary/aromatic N) is 5. The molecule has 29 heavy (non-hydrogen) atoms. The van der Waals surface area contributed by atoms with Crippen molar-refractivity contribution in [2.75, 3.05) is 30.4 Å². The summed E-state index contributed by atoms with van der Waals surface area (Å²) >= 11 is 0. The fourth-order valence-corrected chi connectivity index (χ4v) is 3.60. The van der Waals surface area contributed by atoms with E-state index in [1.54, 1.807) is 6.20 Å². The second kappa shape index (κ2) is 9.83. The first-order valence-corrected chi connectivity index (χ1v) is 9.62. The van der Waals surface area contributed by atoms with Gasteiger partial charge in [0.25, 0.3) is 6.47 Å². The normalized spacial score (nSPS) is 13.7. The van der Waals surface area contributed by atoms with Gasteiger partial charge >= 0.3 is 0 Å².